The molecule has 176 valence electrons. The first kappa shape index (κ1) is 25.3. The molecule has 1 aromatic heterocycles. The largest absolute Gasteiger partial charge is 0.491 e. The van der Waals surface area contributed by atoms with Crippen molar-refractivity contribution in [1.29, 1.82) is 0 Å². The van der Waals surface area contributed by atoms with E-state index in [0.717, 1.165) is 17.4 Å². The first-order valence-corrected chi connectivity index (χ1v) is 13.3. The molecule has 0 spiro atoms. The molecular formula is C24H26Cl2N2O4S. The van der Waals surface area contributed by atoms with Crippen LogP contribution in [0.5, 0.6) is 11.5 Å². The topological polar surface area (TPSA) is 78.4 Å². The molecule has 6 nitrogen and oxygen atoms in total. The van der Waals surface area contributed by atoms with Gasteiger partial charge in [-0.25, -0.2) is 18.4 Å². The van der Waals surface area contributed by atoms with E-state index >= 15 is 0 Å². The van der Waals surface area contributed by atoms with Gasteiger partial charge in [0.05, 0.1) is 16.6 Å². The maximum atomic E-state index is 11.5. The molecule has 0 saturated carbocycles. The van der Waals surface area contributed by atoms with Crippen molar-refractivity contribution in [2.45, 2.75) is 31.6 Å². The van der Waals surface area contributed by atoms with Crippen molar-refractivity contribution in [3.05, 3.63) is 82.4 Å². The third kappa shape index (κ3) is 7.06. The highest BCUT2D eigenvalue weighted by Gasteiger charge is 2.24. The first-order valence-electron chi connectivity index (χ1n) is 10.3. The lowest BCUT2D eigenvalue weighted by atomic mass is 9.78. The Balaban J connectivity index is 1.68. The van der Waals surface area contributed by atoms with E-state index in [-0.39, 0.29) is 23.6 Å². The third-order valence-electron chi connectivity index (χ3n) is 5.11. The first-order chi connectivity index (χ1) is 15.6. The van der Waals surface area contributed by atoms with E-state index in [1.807, 2.05) is 42.5 Å². The monoisotopic (exact) mass is 508 g/mol. The van der Waals surface area contributed by atoms with Crippen LogP contribution in [0.4, 0.5) is 0 Å². The van der Waals surface area contributed by atoms with Crippen molar-refractivity contribution >= 4 is 33.0 Å². The number of benzene rings is 2. The fourth-order valence-corrected chi connectivity index (χ4v) is 4.19. The van der Waals surface area contributed by atoms with Gasteiger partial charge in [-0.15, -0.1) is 11.6 Å². The minimum atomic E-state index is -3.20. The third-order valence-corrected chi connectivity index (χ3v) is 6.34. The van der Waals surface area contributed by atoms with Crippen LogP contribution in [-0.2, 0) is 27.6 Å². The highest BCUT2D eigenvalue weighted by molar-refractivity contribution is 7.89. The summed E-state index contributed by atoms with van der Waals surface area (Å²) in [6.07, 6.45) is 2.69. The van der Waals surface area contributed by atoms with E-state index in [1.54, 1.807) is 6.07 Å². The molecule has 0 radical (unpaired) electrons. The number of hydrogen-bond acceptors (Lipinski definition) is 6. The molecule has 0 saturated heterocycles. The van der Waals surface area contributed by atoms with Crippen molar-refractivity contribution in [2.75, 3.05) is 18.7 Å². The van der Waals surface area contributed by atoms with Gasteiger partial charge < -0.3 is 9.47 Å². The minimum absolute atomic E-state index is 0.200. The second-order valence-corrected chi connectivity index (χ2v) is 11.1. The van der Waals surface area contributed by atoms with Gasteiger partial charge in [-0.1, -0.05) is 43.6 Å². The van der Waals surface area contributed by atoms with Crippen molar-refractivity contribution < 1.29 is 17.9 Å². The van der Waals surface area contributed by atoms with E-state index in [1.165, 1.54) is 6.20 Å². The number of alkyl halides is 1. The summed E-state index contributed by atoms with van der Waals surface area (Å²) in [6, 6.07) is 15.3. The lowest BCUT2D eigenvalue weighted by Gasteiger charge is -2.27. The molecule has 0 N–H and O–H groups in total. The molecule has 1 heterocycles. The van der Waals surface area contributed by atoms with Gasteiger partial charge in [0.25, 0.3) is 0 Å². The average Bonchev–Trinajstić information content (AvgIpc) is 2.76. The van der Waals surface area contributed by atoms with Gasteiger partial charge in [-0.3, -0.25) is 0 Å². The van der Waals surface area contributed by atoms with E-state index in [9.17, 15) is 8.42 Å². The Morgan fingerprint density at radius 3 is 2.33 bits per heavy atom. The lowest BCUT2D eigenvalue weighted by Crippen LogP contribution is -2.19. The zero-order valence-electron chi connectivity index (χ0n) is 18.7. The Morgan fingerprint density at radius 2 is 1.70 bits per heavy atom. The number of sulfone groups is 1. The predicted molar refractivity (Wildman–Crippen MR) is 131 cm³/mol. The molecule has 0 amide bonds. The lowest BCUT2D eigenvalue weighted by molar-refractivity contribution is 0.300. The molecule has 33 heavy (non-hydrogen) atoms. The smallest absolute Gasteiger partial charge is 0.154 e. The summed E-state index contributed by atoms with van der Waals surface area (Å²) in [5.74, 6) is 1.75. The van der Waals surface area contributed by atoms with E-state index in [0.29, 0.717) is 34.7 Å². The summed E-state index contributed by atoms with van der Waals surface area (Å²) < 4.78 is 34.3. The fraction of sp³-hybridized carbons (Fsp3) is 0.333. The SMILES string of the molecule is CC(C)(c1ccc(OCc2ccnc(CS(C)(=O)=O)n2)cc1)c1ccc(OCCCl)c(Cl)c1. The van der Waals surface area contributed by atoms with Crippen molar-refractivity contribution in [3.63, 3.8) is 0 Å². The van der Waals surface area contributed by atoms with Crippen LogP contribution in [0.25, 0.3) is 0 Å². The van der Waals surface area contributed by atoms with Gasteiger partial charge in [-0.2, -0.15) is 0 Å². The quantitative estimate of drug-likeness (QED) is 0.350. The van der Waals surface area contributed by atoms with Crippen LogP contribution in [0.3, 0.4) is 0 Å². The summed E-state index contributed by atoms with van der Waals surface area (Å²) in [4.78, 5) is 8.26. The van der Waals surface area contributed by atoms with E-state index in [2.05, 4.69) is 23.8 Å². The second-order valence-electron chi connectivity index (χ2n) is 8.15. The van der Waals surface area contributed by atoms with Crippen molar-refractivity contribution in [3.8, 4) is 11.5 Å². The second kappa shape index (κ2) is 10.7. The number of rotatable bonds is 10. The van der Waals surface area contributed by atoms with Gasteiger partial charge in [0.15, 0.2) is 9.84 Å². The summed E-state index contributed by atoms with van der Waals surface area (Å²) in [5.41, 5.74) is 2.47. The molecule has 3 aromatic rings. The van der Waals surface area contributed by atoms with Crippen LogP contribution in [0, 0.1) is 0 Å². The molecule has 9 heteroatoms. The van der Waals surface area contributed by atoms with Gasteiger partial charge in [0, 0.05) is 17.9 Å². The van der Waals surface area contributed by atoms with Crippen LogP contribution in [0.15, 0.2) is 54.7 Å². The molecule has 0 bridgehead atoms. The van der Waals surface area contributed by atoms with Gasteiger partial charge in [0.2, 0.25) is 0 Å². The zero-order valence-corrected chi connectivity index (χ0v) is 21.0. The zero-order chi connectivity index (χ0) is 24.1. The maximum absolute atomic E-state index is 11.5. The summed E-state index contributed by atoms with van der Waals surface area (Å²) in [6.45, 7) is 4.86. The highest BCUT2D eigenvalue weighted by Crippen LogP contribution is 2.36. The molecule has 3 rings (SSSR count). The van der Waals surface area contributed by atoms with E-state index < -0.39 is 9.84 Å². The number of aromatic nitrogens is 2. The molecule has 0 atom stereocenters. The molecule has 0 fully saturated rings. The molecule has 2 aromatic carbocycles. The molecule has 0 aliphatic heterocycles. The Morgan fingerprint density at radius 1 is 1.00 bits per heavy atom. The molecule has 0 unspecified atom stereocenters. The Bertz CT molecular complexity index is 1200. The van der Waals surface area contributed by atoms with Crippen LogP contribution in [0.2, 0.25) is 5.02 Å². The van der Waals surface area contributed by atoms with E-state index in [4.69, 9.17) is 32.7 Å². The molecule has 0 aliphatic rings. The number of hydrogen-bond donors (Lipinski definition) is 0. The van der Waals surface area contributed by atoms with Crippen molar-refractivity contribution in [1.82, 2.24) is 9.97 Å². The molecular weight excluding hydrogens is 483 g/mol. The Hall–Kier alpha value is -2.35. The van der Waals surface area contributed by atoms with Gasteiger partial charge >= 0.3 is 0 Å². The Labute approximate surface area is 204 Å². The number of ether oxygens (including phenoxy) is 2. The highest BCUT2D eigenvalue weighted by atomic mass is 35.5. The van der Waals surface area contributed by atoms with Gasteiger partial charge in [0.1, 0.15) is 36.3 Å². The maximum Gasteiger partial charge on any atom is 0.154 e. The summed E-state index contributed by atoms with van der Waals surface area (Å²) >= 11 is 12.1. The fourth-order valence-electron chi connectivity index (χ4n) is 3.27. The number of nitrogens with zero attached hydrogens (tertiary/aromatic N) is 2. The van der Waals surface area contributed by atoms with Crippen LogP contribution < -0.4 is 9.47 Å². The predicted octanol–water partition coefficient (Wildman–Crippen LogP) is 5.20. The van der Waals surface area contributed by atoms with Crippen LogP contribution in [-0.4, -0.2) is 37.1 Å². The summed E-state index contributed by atoms with van der Waals surface area (Å²) in [7, 11) is -3.20. The standard InChI is InChI=1S/C24H26Cl2N2O4S/c1-24(2,18-6-9-22(21(26)14-18)31-13-11-25)17-4-7-20(8-5-17)32-15-19-10-12-27-23(28-19)16-33(3,29)30/h4-10,12,14H,11,13,15-16H2,1-3H3. The number of halogens is 2. The van der Waals surface area contributed by atoms with Crippen molar-refractivity contribution in [2.24, 2.45) is 0 Å². The normalized spacial score (nSPS) is 11.9. The molecule has 0 aliphatic carbocycles. The minimum Gasteiger partial charge on any atom is -0.491 e. The average molecular weight is 509 g/mol. The van der Waals surface area contributed by atoms with Crippen LogP contribution >= 0.6 is 23.2 Å². The van der Waals surface area contributed by atoms with Crippen LogP contribution in [0.1, 0.15) is 36.5 Å². The summed E-state index contributed by atoms with van der Waals surface area (Å²) in [5, 5.41) is 0.547. The Kier molecular flexibility index (Phi) is 8.21. The van der Waals surface area contributed by atoms with Gasteiger partial charge in [-0.05, 0) is 41.5 Å².